The minimum absolute atomic E-state index is 0.125. The van der Waals surface area contributed by atoms with Crippen molar-refractivity contribution in [3.63, 3.8) is 0 Å². The Morgan fingerprint density at radius 2 is 1.81 bits per heavy atom. The molecule has 0 radical (unpaired) electrons. The summed E-state index contributed by atoms with van der Waals surface area (Å²) in [5.74, 6) is -0.0985. The summed E-state index contributed by atoms with van der Waals surface area (Å²) in [6.45, 7) is 5.50. The van der Waals surface area contributed by atoms with Crippen LogP contribution in [0.1, 0.15) is 36.2 Å². The number of piperazine rings is 1. The number of rotatable bonds is 8. The minimum atomic E-state index is -0.901. The Bertz CT molecular complexity index is 896. The van der Waals surface area contributed by atoms with Gasteiger partial charge in [-0.3, -0.25) is 14.4 Å². The van der Waals surface area contributed by atoms with Crippen LogP contribution in [0, 0.1) is 5.92 Å². The molecule has 1 aliphatic heterocycles. The van der Waals surface area contributed by atoms with Gasteiger partial charge >= 0.3 is 5.97 Å². The first kappa shape index (κ1) is 22.3. The second kappa shape index (κ2) is 10.6. The van der Waals surface area contributed by atoms with Gasteiger partial charge in [-0.2, -0.15) is 0 Å². The SMILES string of the molecule is CC(C)COc1ccc(C(=O)N2CCNC(=O)[C@H]2CC(=O)OCc2ccccc2)cc1. The van der Waals surface area contributed by atoms with Gasteiger partial charge in [-0.15, -0.1) is 0 Å². The maximum Gasteiger partial charge on any atom is 0.308 e. The number of ether oxygens (including phenoxy) is 2. The molecule has 1 aliphatic rings. The summed E-state index contributed by atoms with van der Waals surface area (Å²) in [6.07, 6.45) is -0.194. The highest BCUT2D eigenvalue weighted by atomic mass is 16.5. The molecule has 2 aromatic rings. The number of carbonyl (C=O) groups is 3. The van der Waals surface area contributed by atoms with E-state index in [4.69, 9.17) is 9.47 Å². The lowest BCUT2D eigenvalue weighted by atomic mass is 10.1. The number of carbonyl (C=O) groups excluding carboxylic acids is 3. The van der Waals surface area contributed by atoms with E-state index in [2.05, 4.69) is 19.2 Å². The Morgan fingerprint density at radius 3 is 2.48 bits per heavy atom. The third-order valence-corrected chi connectivity index (χ3v) is 4.88. The van der Waals surface area contributed by atoms with Crippen LogP contribution in [0.25, 0.3) is 0 Å². The Morgan fingerprint density at radius 1 is 1.10 bits per heavy atom. The van der Waals surface area contributed by atoms with Crippen LogP contribution in [-0.2, 0) is 20.9 Å². The fourth-order valence-corrected chi connectivity index (χ4v) is 3.24. The predicted octanol–water partition coefficient (Wildman–Crippen LogP) is 2.80. The normalized spacial score (nSPS) is 16.0. The van der Waals surface area contributed by atoms with Crippen LogP contribution in [0.2, 0.25) is 0 Å². The first-order valence-electron chi connectivity index (χ1n) is 10.4. The summed E-state index contributed by atoms with van der Waals surface area (Å²) in [4.78, 5) is 39.3. The molecule has 31 heavy (non-hydrogen) atoms. The summed E-state index contributed by atoms with van der Waals surface area (Å²) >= 11 is 0. The fourth-order valence-electron chi connectivity index (χ4n) is 3.24. The summed E-state index contributed by atoms with van der Waals surface area (Å²) in [5, 5.41) is 2.72. The molecule has 0 saturated carbocycles. The number of amides is 2. The third kappa shape index (κ3) is 6.31. The molecule has 0 spiro atoms. The molecule has 0 aliphatic carbocycles. The number of nitrogens with zero attached hydrogens (tertiary/aromatic N) is 1. The average molecular weight is 424 g/mol. The number of nitrogens with one attached hydrogen (secondary N) is 1. The summed E-state index contributed by atoms with van der Waals surface area (Å²) in [6, 6.07) is 15.2. The van der Waals surface area contributed by atoms with E-state index in [1.54, 1.807) is 24.3 Å². The second-order valence-electron chi connectivity index (χ2n) is 7.89. The largest absolute Gasteiger partial charge is 0.493 e. The molecule has 1 saturated heterocycles. The van der Waals surface area contributed by atoms with Crippen LogP contribution in [-0.4, -0.2) is 48.4 Å². The zero-order chi connectivity index (χ0) is 22.2. The van der Waals surface area contributed by atoms with Crippen LogP contribution >= 0.6 is 0 Å². The van der Waals surface area contributed by atoms with Gasteiger partial charge in [0.1, 0.15) is 18.4 Å². The van der Waals surface area contributed by atoms with Gasteiger partial charge in [0.15, 0.2) is 0 Å². The molecule has 164 valence electrons. The maximum absolute atomic E-state index is 13.0. The molecule has 1 fully saturated rings. The first-order chi connectivity index (χ1) is 14.9. The van der Waals surface area contributed by atoms with E-state index in [1.165, 1.54) is 4.90 Å². The second-order valence-corrected chi connectivity index (χ2v) is 7.89. The smallest absolute Gasteiger partial charge is 0.308 e. The van der Waals surface area contributed by atoms with E-state index in [0.29, 0.717) is 36.9 Å². The van der Waals surface area contributed by atoms with Gasteiger partial charge in [0, 0.05) is 18.7 Å². The molecule has 7 heteroatoms. The first-order valence-corrected chi connectivity index (χ1v) is 10.4. The lowest BCUT2D eigenvalue weighted by Gasteiger charge is -2.34. The predicted molar refractivity (Wildman–Crippen MR) is 115 cm³/mol. The molecule has 1 N–H and O–H groups in total. The van der Waals surface area contributed by atoms with Crippen molar-refractivity contribution in [2.75, 3.05) is 19.7 Å². The van der Waals surface area contributed by atoms with Crippen molar-refractivity contribution in [1.82, 2.24) is 10.2 Å². The van der Waals surface area contributed by atoms with Gasteiger partial charge in [-0.1, -0.05) is 44.2 Å². The van der Waals surface area contributed by atoms with Gasteiger partial charge in [0.25, 0.3) is 5.91 Å². The van der Waals surface area contributed by atoms with Crippen molar-refractivity contribution in [2.24, 2.45) is 5.92 Å². The van der Waals surface area contributed by atoms with E-state index in [-0.39, 0.29) is 24.8 Å². The molecular formula is C24H28N2O5. The highest BCUT2D eigenvalue weighted by molar-refractivity contribution is 5.99. The van der Waals surface area contributed by atoms with Crippen molar-refractivity contribution >= 4 is 17.8 Å². The Hall–Kier alpha value is -3.35. The van der Waals surface area contributed by atoms with Gasteiger partial charge in [0.2, 0.25) is 5.91 Å². The van der Waals surface area contributed by atoms with Gasteiger partial charge in [-0.05, 0) is 35.7 Å². The molecule has 0 aromatic heterocycles. The highest BCUT2D eigenvalue weighted by Gasteiger charge is 2.35. The van der Waals surface area contributed by atoms with Crippen molar-refractivity contribution in [2.45, 2.75) is 32.9 Å². The molecule has 3 rings (SSSR count). The molecule has 2 aromatic carbocycles. The Balaban J connectivity index is 1.63. The standard InChI is InChI=1S/C24H28N2O5/c1-17(2)15-30-20-10-8-19(9-11-20)24(29)26-13-12-25-23(28)21(26)14-22(27)31-16-18-6-4-3-5-7-18/h3-11,17,21H,12-16H2,1-2H3,(H,25,28)/t21-/m1/s1. The van der Waals surface area contributed by atoms with Crippen molar-refractivity contribution in [3.05, 3.63) is 65.7 Å². The topological polar surface area (TPSA) is 84.9 Å². The monoisotopic (exact) mass is 424 g/mol. The van der Waals surface area contributed by atoms with E-state index in [0.717, 1.165) is 5.56 Å². The van der Waals surface area contributed by atoms with Crippen LogP contribution in [0.3, 0.4) is 0 Å². The van der Waals surface area contributed by atoms with E-state index in [9.17, 15) is 14.4 Å². The molecule has 0 bridgehead atoms. The molecule has 1 heterocycles. The summed E-state index contributed by atoms with van der Waals surface area (Å²) in [5.41, 5.74) is 1.30. The van der Waals surface area contributed by atoms with E-state index in [1.807, 2.05) is 30.3 Å². The quantitative estimate of drug-likeness (QED) is 0.659. The number of esters is 1. The number of benzene rings is 2. The van der Waals surface area contributed by atoms with Crippen LogP contribution in [0.4, 0.5) is 0 Å². The Kier molecular flexibility index (Phi) is 7.65. The van der Waals surface area contributed by atoms with Gasteiger partial charge < -0.3 is 19.7 Å². The zero-order valence-corrected chi connectivity index (χ0v) is 17.9. The zero-order valence-electron chi connectivity index (χ0n) is 17.9. The van der Waals surface area contributed by atoms with Gasteiger partial charge in [0.05, 0.1) is 13.0 Å². The molecule has 0 unspecified atom stereocenters. The van der Waals surface area contributed by atoms with Crippen molar-refractivity contribution in [1.29, 1.82) is 0 Å². The Labute approximate surface area is 182 Å². The molecule has 2 amide bonds. The maximum atomic E-state index is 13.0. The molecular weight excluding hydrogens is 396 g/mol. The molecule has 7 nitrogen and oxygen atoms in total. The van der Waals surface area contributed by atoms with E-state index < -0.39 is 12.0 Å². The van der Waals surface area contributed by atoms with Crippen molar-refractivity contribution in [3.8, 4) is 5.75 Å². The number of hydrogen-bond acceptors (Lipinski definition) is 5. The minimum Gasteiger partial charge on any atom is -0.493 e. The van der Waals surface area contributed by atoms with Crippen molar-refractivity contribution < 1.29 is 23.9 Å². The average Bonchev–Trinajstić information content (AvgIpc) is 2.78. The summed E-state index contributed by atoms with van der Waals surface area (Å²) < 4.78 is 11.0. The molecule has 1 atom stereocenters. The van der Waals surface area contributed by atoms with Crippen LogP contribution in [0.5, 0.6) is 5.75 Å². The summed E-state index contributed by atoms with van der Waals surface area (Å²) in [7, 11) is 0. The lowest BCUT2D eigenvalue weighted by molar-refractivity contribution is -0.148. The fraction of sp³-hybridized carbons (Fsp3) is 0.375. The lowest BCUT2D eigenvalue weighted by Crippen LogP contribution is -2.57. The highest BCUT2D eigenvalue weighted by Crippen LogP contribution is 2.18. The van der Waals surface area contributed by atoms with Crippen LogP contribution in [0.15, 0.2) is 54.6 Å². The number of hydrogen-bond donors (Lipinski definition) is 1. The third-order valence-electron chi connectivity index (χ3n) is 4.88. The van der Waals surface area contributed by atoms with Gasteiger partial charge in [-0.25, -0.2) is 0 Å². The van der Waals surface area contributed by atoms with Crippen LogP contribution < -0.4 is 10.1 Å². The van der Waals surface area contributed by atoms with E-state index >= 15 is 0 Å².